The van der Waals surface area contributed by atoms with Gasteiger partial charge >= 0.3 is 0 Å². The van der Waals surface area contributed by atoms with E-state index in [0.717, 1.165) is 31.0 Å². The van der Waals surface area contributed by atoms with E-state index in [1.807, 2.05) is 11.6 Å². The molecule has 2 rings (SSSR count). The highest BCUT2D eigenvalue weighted by molar-refractivity contribution is 5.01. The van der Waals surface area contributed by atoms with E-state index in [0.29, 0.717) is 0 Å². The normalized spacial score (nSPS) is 22.3. The quantitative estimate of drug-likeness (QED) is 0.661. The summed E-state index contributed by atoms with van der Waals surface area (Å²) >= 11 is 0. The van der Waals surface area contributed by atoms with Crippen LogP contribution < -0.4 is 0 Å². The Kier molecular flexibility index (Phi) is 1.84. The van der Waals surface area contributed by atoms with Gasteiger partial charge in [0.05, 0.1) is 6.61 Å². The third-order valence-corrected chi connectivity index (χ3v) is 2.31. The lowest BCUT2D eigenvalue weighted by Crippen LogP contribution is -2.19. The number of rotatable bonds is 1. The Morgan fingerprint density at radius 3 is 3.25 bits per heavy atom. The van der Waals surface area contributed by atoms with Crippen LogP contribution >= 0.6 is 0 Å². The number of aromatic nitrogens is 3. The molecule has 1 unspecified atom stereocenters. The molecule has 0 saturated carbocycles. The monoisotopic (exact) mass is 167 g/mol. The Labute approximate surface area is 71.2 Å². The van der Waals surface area contributed by atoms with Crippen LogP contribution in [0.1, 0.15) is 30.4 Å². The molecule has 12 heavy (non-hydrogen) atoms. The van der Waals surface area contributed by atoms with Crippen molar-refractivity contribution in [2.24, 2.45) is 0 Å². The Balaban J connectivity index is 2.36. The summed E-state index contributed by atoms with van der Waals surface area (Å²) in [5.74, 6) is 1.98. The van der Waals surface area contributed by atoms with Crippen LogP contribution in [0.25, 0.3) is 0 Å². The Hall–Kier alpha value is -0.900. The zero-order valence-corrected chi connectivity index (χ0v) is 7.19. The minimum absolute atomic E-state index is 0.193. The van der Waals surface area contributed by atoms with Crippen LogP contribution in [0, 0.1) is 6.92 Å². The second-order valence-electron chi connectivity index (χ2n) is 3.26. The molecule has 1 aliphatic rings. The van der Waals surface area contributed by atoms with Crippen molar-refractivity contribution in [2.45, 2.75) is 32.2 Å². The predicted octanol–water partition coefficient (Wildman–Crippen LogP) is 0.456. The van der Waals surface area contributed by atoms with E-state index < -0.39 is 0 Å². The van der Waals surface area contributed by atoms with Crippen molar-refractivity contribution < 1.29 is 5.11 Å². The number of fused-ring (bicyclic) bond motifs is 1. The average molecular weight is 167 g/mol. The largest absolute Gasteiger partial charge is 0.396 e. The van der Waals surface area contributed by atoms with Gasteiger partial charge in [0, 0.05) is 12.5 Å². The summed E-state index contributed by atoms with van der Waals surface area (Å²) in [6.07, 6.45) is 2.13. The van der Waals surface area contributed by atoms with Gasteiger partial charge in [-0.25, -0.2) is 9.67 Å². The summed E-state index contributed by atoms with van der Waals surface area (Å²) in [5, 5.41) is 13.3. The fourth-order valence-electron chi connectivity index (χ4n) is 1.73. The first-order valence-electron chi connectivity index (χ1n) is 4.33. The lowest BCUT2D eigenvalue weighted by molar-refractivity contribution is 0.234. The minimum Gasteiger partial charge on any atom is -0.396 e. The van der Waals surface area contributed by atoms with Crippen LogP contribution in [0.4, 0.5) is 0 Å². The molecule has 2 heterocycles. The van der Waals surface area contributed by atoms with Gasteiger partial charge in [0.25, 0.3) is 0 Å². The van der Waals surface area contributed by atoms with Gasteiger partial charge in [-0.3, -0.25) is 0 Å². The van der Waals surface area contributed by atoms with Crippen LogP contribution in [-0.4, -0.2) is 26.5 Å². The number of hydrogen-bond acceptors (Lipinski definition) is 3. The molecular formula is C8H13N3O. The molecular weight excluding hydrogens is 154 g/mol. The lowest BCUT2D eigenvalue weighted by Gasteiger charge is -2.19. The van der Waals surface area contributed by atoms with Gasteiger partial charge in [-0.2, -0.15) is 5.10 Å². The maximum Gasteiger partial charge on any atom is 0.147 e. The highest BCUT2D eigenvalue weighted by Crippen LogP contribution is 2.24. The van der Waals surface area contributed by atoms with E-state index in [1.54, 1.807) is 0 Å². The lowest BCUT2D eigenvalue weighted by atomic mass is 10.0. The van der Waals surface area contributed by atoms with E-state index in [-0.39, 0.29) is 12.5 Å². The maximum atomic E-state index is 9.07. The third-order valence-electron chi connectivity index (χ3n) is 2.31. The highest BCUT2D eigenvalue weighted by Gasteiger charge is 2.22. The molecule has 1 aromatic heterocycles. The second kappa shape index (κ2) is 2.86. The van der Waals surface area contributed by atoms with Crippen molar-refractivity contribution >= 4 is 0 Å². The first-order valence-corrected chi connectivity index (χ1v) is 4.33. The summed E-state index contributed by atoms with van der Waals surface area (Å²) in [5.41, 5.74) is 0. The van der Waals surface area contributed by atoms with Crippen LogP contribution in [-0.2, 0) is 6.54 Å². The summed E-state index contributed by atoms with van der Waals surface area (Å²) in [7, 11) is 0. The van der Waals surface area contributed by atoms with Gasteiger partial charge in [0.1, 0.15) is 11.6 Å². The first kappa shape index (κ1) is 7.73. The molecule has 1 N–H and O–H groups in total. The van der Waals surface area contributed by atoms with Crippen molar-refractivity contribution in [3.05, 3.63) is 11.6 Å². The van der Waals surface area contributed by atoms with Gasteiger partial charge in [-0.15, -0.1) is 0 Å². The second-order valence-corrected chi connectivity index (χ2v) is 3.26. The number of aryl methyl sites for hydroxylation is 2. The summed E-state index contributed by atoms with van der Waals surface area (Å²) < 4.78 is 1.92. The van der Waals surface area contributed by atoms with Crippen LogP contribution in [0.5, 0.6) is 0 Å². The fourth-order valence-corrected chi connectivity index (χ4v) is 1.73. The number of aliphatic hydroxyl groups excluding tert-OH is 1. The summed E-state index contributed by atoms with van der Waals surface area (Å²) in [6, 6.07) is 0. The molecule has 1 aliphatic heterocycles. The molecule has 1 aromatic rings. The maximum absolute atomic E-state index is 9.07. The molecule has 0 bridgehead atoms. The third kappa shape index (κ3) is 1.12. The van der Waals surface area contributed by atoms with Crippen LogP contribution in [0.15, 0.2) is 0 Å². The molecule has 0 amide bonds. The van der Waals surface area contributed by atoms with E-state index in [4.69, 9.17) is 5.11 Å². The van der Waals surface area contributed by atoms with Gasteiger partial charge in [-0.05, 0) is 19.8 Å². The SMILES string of the molecule is Cc1nc2n(n1)CCCC2CO. The summed E-state index contributed by atoms with van der Waals surface area (Å²) in [6.45, 7) is 3.03. The highest BCUT2D eigenvalue weighted by atomic mass is 16.3. The average Bonchev–Trinajstić information content (AvgIpc) is 2.44. The first-order chi connectivity index (χ1) is 5.81. The molecule has 0 fully saturated rings. The van der Waals surface area contributed by atoms with Gasteiger partial charge in [0.2, 0.25) is 0 Å². The predicted molar refractivity (Wildman–Crippen MR) is 43.8 cm³/mol. The topological polar surface area (TPSA) is 50.9 Å². The van der Waals surface area contributed by atoms with Crippen molar-refractivity contribution in [1.29, 1.82) is 0 Å². The van der Waals surface area contributed by atoms with E-state index >= 15 is 0 Å². The molecule has 0 radical (unpaired) electrons. The van der Waals surface area contributed by atoms with E-state index in [2.05, 4.69) is 10.1 Å². The molecule has 1 atom stereocenters. The number of hydrogen-bond donors (Lipinski definition) is 1. The smallest absolute Gasteiger partial charge is 0.147 e. The summed E-state index contributed by atoms with van der Waals surface area (Å²) in [4.78, 5) is 4.30. The molecule has 66 valence electrons. The van der Waals surface area contributed by atoms with Crippen LogP contribution in [0.3, 0.4) is 0 Å². The zero-order valence-electron chi connectivity index (χ0n) is 7.19. The Morgan fingerprint density at radius 2 is 2.50 bits per heavy atom. The minimum atomic E-state index is 0.193. The number of aliphatic hydroxyl groups is 1. The standard InChI is InChI=1S/C8H13N3O/c1-6-9-8-7(5-12)3-2-4-11(8)10-6/h7,12H,2-5H2,1H3. The van der Waals surface area contributed by atoms with E-state index in [1.165, 1.54) is 0 Å². The molecule has 4 heteroatoms. The molecule has 0 aliphatic carbocycles. The van der Waals surface area contributed by atoms with Crippen LogP contribution in [0.2, 0.25) is 0 Å². The number of nitrogens with zero attached hydrogens (tertiary/aromatic N) is 3. The van der Waals surface area contributed by atoms with E-state index in [9.17, 15) is 0 Å². The molecule has 0 spiro atoms. The Bertz CT molecular complexity index is 282. The van der Waals surface area contributed by atoms with Gasteiger partial charge < -0.3 is 5.11 Å². The molecule has 0 saturated heterocycles. The van der Waals surface area contributed by atoms with Gasteiger partial charge in [0.15, 0.2) is 0 Å². The molecule has 0 aromatic carbocycles. The molecule has 4 nitrogen and oxygen atoms in total. The zero-order chi connectivity index (χ0) is 8.55. The van der Waals surface area contributed by atoms with Crippen molar-refractivity contribution in [1.82, 2.24) is 14.8 Å². The fraction of sp³-hybridized carbons (Fsp3) is 0.750. The van der Waals surface area contributed by atoms with Gasteiger partial charge in [-0.1, -0.05) is 0 Å². The Morgan fingerprint density at radius 1 is 1.67 bits per heavy atom. The van der Waals surface area contributed by atoms with Crippen molar-refractivity contribution in [3.8, 4) is 0 Å². The van der Waals surface area contributed by atoms with Crippen molar-refractivity contribution in [2.75, 3.05) is 6.61 Å². The van der Waals surface area contributed by atoms with Crippen molar-refractivity contribution in [3.63, 3.8) is 0 Å².